The summed E-state index contributed by atoms with van der Waals surface area (Å²) >= 11 is 0. The molecule has 2 N–H and O–H groups in total. The molecule has 1 amide bonds. The highest BCUT2D eigenvalue weighted by molar-refractivity contribution is 5.95. The van der Waals surface area contributed by atoms with Gasteiger partial charge in [-0.1, -0.05) is 37.1 Å². The molecule has 0 unspecified atom stereocenters. The van der Waals surface area contributed by atoms with Crippen LogP contribution in [0.15, 0.2) is 48.5 Å². The third-order valence-corrected chi connectivity index (χ3v) is 4.65. The van der Waals surface area contributed by atoms with Crippen LogP contribution in [0.2, 0.25) is 0 Å². The lowest BCUT2D eigenvalue weighted by Gasteiger charge is -2.25. The van der Waals surface area contributed by atoms with Crippen LogP contribution in [0.3, 0.4) is 0 Å². The molecule has 2 aromatic rings. The smallest absolute Gasteiger partial charge is 0.238 e. The van der Waals surface area contributed by atoms with Crippen LogP contribution in [0.25, 0.3) is 0 Å². The molecular formula is C21H26FN3O. The molecule has 0 saturated carbocycles. The van der Waals surface area contributed by atoms with Crippen molar-refractivity contribution in [3.63, 3.8) is 0 Å². The number of anilines is 2. The van der Waals surface area contributed by atoms with E-state index in [1.807, 2.05) is 18.2 Å². The molecule has 1 saturated heterocycles. The molecule has 1 aliphatic heterocycles. The Balaban J connectivity index is 1.54. The minimum absolute atomic E-state index is 0.0746. The number of rotatable bonds is 6. The van der Waals surface area contributed by atoms with E-state index in [0.717, 1.165) is 30.0 Å². The van der Waals surface area contributed by atoms with E-state index in [1.165, 1.54) is 37.8 Å². The summed E-state index contributed by atoms with van der Waals surface area (Å²) in [5, 5.41) is 6.12. The average molecular weight is 355 g/mol. The Hall–Kier alpha value is -2.40. The molecule has 0 bridgehead atoms. The number of benzene rings is 2. The molecule has 0 spiro atoms. The number of nitrogens with one attached hydrogen (secondary N) is 2. The average Bonchev–Trinajstić information content (AvgIpc) is 2.93. The zero-order valence-electron chi connectivity index (χ0n) is 15.0. The van der Waals surface area contributed by atoms with Crippen LogP contribution in [0.1, 0.15) is 31.2 Å². The first-order chi connectivity index (χ1) is 12.7. The molecule has 0 aliphatic carbocycles. The van der Waals surface area contributed by atoms with Gasteiger partial charge in [0.2, 0.25) is 5.91 Å². The van der Waals surface area contributed by atoms with Gasteiger partial charge in [0.15, 0.2) is 0 Å². The van der Waals surface area contributed by atoms with Gasteiger partial charge in [-0.2, -0.15) is 0 Å². The van der Waals surface area contributed by atoms with E-state index in [2.05, 4.69) is 21.6 Å². The molecule has 0 atom stereocenters. The lowest BCUT2D eigenvalue weighted by molar-refractivity contribution is -0.115. The van der Waals surface area contributed by atoms with Gasteiger partial charge in [-0.05, 0) is 42.7 Å². The normalized spacial score (nSPS) is 14.7. The van der Waals surface area contributed by atoms with Crippen molar-refractivity contribution in [1.82, 2.24) is 5.32 Å². The number of hydrogen-bond acceptors (Lipinski definition) is 3. The molecule has 5 heteroatoms. The van der Waals surface area contributed by atoms with Gasteiger partial charge in [0.1, 0.15) is 5.82 Å². The zero-order valence-corrected chi connectivity index (χ0v) is 15.0. The summed E-state index contributed by atoms with van der Waals surface area (Å²) in [6, 6.07) is 14.3. The van der Waals surface area contributed by atoms with Crippen molar-refractivity contribution in [2.75, 3.05) is 29.9 Å². The fraction of sp³-hybridized carbons (Fsp3) is 0.381. The Morgan fingerprint density at radius 3 is 2.38 bits per heavy atom. The van der Waals surface area contributed by atoms with Gasteiger partial charge in [-0.15, -0.1) is 0 Å². The lowest BCUT2D eigenvalue weighted by Crippen LogP contribution is -2.29. The fourth-order valence-corrected chi connectivity index (χ4v) is 3.28. The van der Waals surface area contributed by atoms with Gasteiger partial charge >= 0.3 is 0 Å². The van der Waals surface area contributed by atoms with Crippen molar-refractivity contribution in [3.05, 3.63) is 59.9 Å². The molecular weight excluding hydrogens is 329 g/mol. The summed E-state index contributed by atoms with van der Waals surface area (Å²) in [5.41, 5.74) is 2.91. The van der Waals surface area contributed by atoms with E-state index in [4.69, 9.17) is 0 Å². The first kappa shape index (κ1) is 18.4. The number of halogens is 1. The number of carbonyl (C=O) groups is 1. The Kier molecular flexibility index (Phi) is 6.61. The standard InChI is InChI=1S/C21H26FN3O/c22-18-11-9-17(10-12-18)15-23-16-21(26)24-19-7-3-4-8-20(19)25-13-5-1-2-6-14-25/h3-4,7-12,23H,1-2,5-6,13-16H2,(H,24,26). The van der Waals surface area contributed by atoms with E-state index in [-0.39, 0.29) is 18.3 Å². The number of para-hydroxylation sites is 2. The maximum absolute atomic E-state index is 12.9. The molecule has 26 heavy (non-hydrogen) atoms. The summed E-state index contributed by atoms with van der Waals surface area (Å²) in [6.45, 7) is 2.82. The minimum atomic E-state index is -0.253. The Morgan fingerprint density at radius 2 is 1.65 bits per heavy atom. The van der Waals surface area contributed by atoms with Crippen LogP contribution < -0.4 is 15.5 Å². The van der Waals surface area contributed by atoms with Crippen molar-refractivity contribution in [2.45, 2.75) is 32.2 Å². The summed E-state index contributed by atoms with van der Waals surface area (Å²) < 4.78 is 12.9. The van der Waals surface area contributed by atoms with Crippen LogP contribution >= 0.6 is 0 Å². The number of amides is 1. The topological polar surface area (TPSA) is 44.4 Å². The lowest BCUT2D eigenvalue weighted by atomic mass is 10.2. The molecule has 1 aliphatic rings. The largest absolute Gasteiger partial charge is 0.370 e. The molecule has 0 aromatic heterocycles. The maximum Gasteiger partial charge on any atom is 0.238 e. The summed E-state index contributed by atoms with van der Waals surface area (Å²) in [4.78, 5) is 14.7. The van der Waals surface area contributed by atoms with Crippen molar-refractivity contribution in [1.29, 1.82) is 0 Å². The van der Waals surface area contributed by atoms with Gasteiger partial charge in [-0.25, -0.2) is 4.39 Å². The third-order valence-electron chi connectivity index (χ3n) is 4.65. The first-order valence-electron chi connectivity index (χ1n) is 9.31. The monoisotopic (exact) mass is 355 g/mol. The van der Waals surface area contributed by atoms with Crippen molar-refractivity contribution in [2.24, 2.45) is 0 Å². The van der Waals surface area contributed by atoms with E-state index in [9.17, 15) is 9.18 Å². The van der Waals surface area contributed by atoms with Crippen molar-refractivity contribution >= 4 is 17.3 Å². The molecule has 4 nitrogen and oxygen atoms in total. The highest BCUT2D eigenvalue weighted by Gasteiger charge is 2.14. The maximum atomic E-state index is 12.9. The van der Waals surface area contributed by atoms with Crippen LogP contribution in [-0.2, 0) is 11.3 Å². The molecule has 2 aromatic carbocycles. The molecule has 1 fully saturated rings. The van der Waals surface area contributed by atoms with Gasteiger partial charge in [0, 0.05) is 19.6 Å². The first-order valence-corrected chi connectivity index (χ1v) is 9.31. The van der Waals surface area contributed by atoms with Crippen LogP contribution in [0.5, 0.6) is 0 Å². The number of carbonyl (C=O) groups excluding carboxylic acids is 1. The molecule has 3 rings (SSSR count). The Bertz CT molecular complexity index is 709. The van der Waals surface area contributed by atoms with Crippen LogP contribution in [0.4, 0.5) is 15.8 Å². The van der Waals surface area contributed by atoms with E-state index in [0.29, 0.717) is 6.54 Å². The molecule has 0 radical (unpaired) electrons. The predicted molar refractivity (Wildman–Crippen MR) is 104 cm³/mol. The second-order valence-corrected chi connectivity index (χ2v) is 6.70. The third kappa shape index (κ3) is 5.30. The zero-order chi connectivity index (χ0) is 18.2. The van der Waals surface area contributed by atoms with Crippen LogP contribution in [0, 0.1) is 5.82 Å². The van der Waals surface area contributed by atoms with Crippen LogP contribution in [-0.4, -0.2) is 25.5 Å². The predicted octanol–water partition coefficient (Wildman–Crippen LogP) is 3.93. The highest BCUT2D eigenvalue weighted by Crippen LogP contribution is 2.27. The molecule has 1 heterocycles. The Morgan fingerprint density at radius 1 is 0.962 bits per heavy atom. The fourth-order valence-electron chi connectivity index (χ4n) is 3.28. The van der Waals surface area contributed by atoms with E-state index < -0.39 is 0 Å². The second kappa shape index (κ2) is 9.34. The Labute approximate surface area is 154 Å². The quantitative estimate of drug-likeness (QED) is 0.825. The highest BCUT2D eigenvalue weighted by atomic mass is 19.1. The van der Waals surface area contributed by atoms with E-state index in [1.54, 1.807) is 12.1 Å². The summed E-state index contributed by atoms with van der Waals surface area (Å²) in [7, 11) is 0. The van der Waals surface area contributed by atoms with Crippen molar-refractivity contribution < 1.29 is 9.18 Å². The second-order valence-electron chi connectivity index (χ2n) is 6.70. The van der Waals surface area contributed by atoms with E-state index >= 15 is 0 Å². The van der Waals surface area contributed by atoms with Gasteiger partial charge in [0.05, 0.1) is 17.9 Å². The number of nitrogens with zero attached hydrogens (tertiary/aromatic N) is 1. The van der Waals surface area contributed by atoms with Gasteiger partial charge in [0.25, 0.3) is 0 Å². The number of hydrogen-bond donors (Lipinski definition) is 2. The summed E-state index contributed by atoms with van der Waals surface area (Å²) in [6.07, 6.45) is 4.94. The van der Waals surface area contributed by atoms with Gasteiger partial charge < -0.3 is 15.5 Å². The van der Waals surface area contributed by atoms with Gasteiger partial charge in [-0.3, -0.25) is 4.79 Å². The molecule has 138 valence electrons. The van der Waals surface area contributed by atoms with Crippen molar-refractivity contribution in [3.8, 4) is 0 Å². The summed E-state index contributed by atoms with van der Waals surface area (Å²) in [5.74, 6) is -0.328. The minimum Gasteiger partial charge on any atom is -0.370 e. The SMILES string of the molecule is O=C(CNCc1ccc(F)cc1)Nc1ccccc1N1CCCCCC1.